The van der Waals surface area contributed by atoms with Gasteiger partial charge in [0.15, 0.2) is 16.4 Å². The maximum absolute atomic E-state index is 12.7. The topological polar surface area (TPSA) is 124 Å². The zero-order valence-electron chi connectivity index (χ0n) is 16.3. The first-order valence-corrected chi connectivity index (χ1v) is 9.60. The van der Waals surface area contributed by atoms with Gasteiger partial charge in [-0.25, -0.2) is 23.7 Å². The molecule has 0 aliphatic rings. The Morgan fingerprint density at radius 3 is 2.77 bits per heavy atom. The number of rotatable bonds is 5. The molecule has 3 aromatic heterocycles. The Balaban J connectivity index is 1.65. The number of carbonyl (C=O) groups excluding carboxylic acids is 2. The lowest BCUT2D eigenvalue weighted by molar-refractivity contribution is -0.117. The van der Waals surface area contributed by atoms with Gasteiger partial charge in [-0.3, -0.25) is 4.79 Å². The SMILES string of the molecule is COC(=O)c1ccccc1NC(=O)Cn1nc2c3sc(N(C)C)nc3ncn2c1=O. The quantitative estimate of drug-likeness (QED) is 0.468. The van der Waals surface area contributed by atoms with Crippen molar-refractivity contribution in [2.75, 3.05) is 31.4 Å². The molecule has 1 amide bonds. The highest BCUT2D eigenvalue weighted by atomic mass is 32.1. The molecule has 154 valence electrons. The van der Waals surface area contributed by atoms with E-state index in [9.17, 15) is 14.4 Å². The minimum absolute atomic E-state index is 0.211. The van der Waals surface area contributed by atoms with Crippen LogP contribution in [-0.2, 0) is 16.1 Å². The second-order valence-electron chi connectivity index (χ2n) is 6.51. The van der Waals surface area contributed by atoms with Gasteiger partial charge in [0.05, 0.1) is 18.4 Å². The third-order valence-corrected chi connectivity index (χ3v) is 5.46. The number of hydrogen-bond donors (Lipinski definition) is 1. The molecule has 12 heteroatoms. The molecule has 0 fully saturated rings. The molecule has 4 aromatic rings. The molecule has 0 spiro atoms. The molecular formula is C18H17N7O4S. The summed E-state index contributed by atoms with van der Waals surface area (Å²) in [6, 6.07) is 6.44. The van der Waals surface area contributed by atoms with E-state index in [4.69, 9.17) is 4.74 Å². The number of esters is 1. The summed E-state index contributed by atoms with van der Waals surface area (Å²) >= 11 is 1.35. The molecule has 0 atom stereocenters. The van der Waals surface area contributed by atoms with Crippen molar-refractivity contribution in [1.82, 2.24) is 24.1 Å². The predicted molar refractivity (Wildman–Crippen MR) is 111 cm³/mol. The number of amides is 1. The standard InChI is InChI=1S/C18H17N7O4S/c1-23(2)17-21-14-13(30-17)15-22-25(18(28)24(15)9-19-14)8-12(26)20-11-7-5-4-6-10(11)16(27)29-3/h4-7,9H,8H2,1-3H3,(H,20,26). The number of fused-ring (bicyclic) bond motifs is 3. The number of anilines is 2. The Hall–Kier alpha value is -3.80. The molecule has 0 aliphatic heterocycles. The molecule has 4 rings (SSSR count). The van der Waals surface area contributed by atoms with Crippen LogP contribution in [0.25, 0.3) is 16.0 Å². The van der Waals surface area contributed by atoms with Crippen molar-refractivity contribution in [1.29, 1.82) is 0 Å². The van der Waals surface area contributed by atoms with E-state index in [1.807, 2.05) is 19.0 Å². The van der Waals surface area contributed by atoms with Crippen LogP contribution in [0.15, 0.2) is 35.4 Å². The van der Waals surface area contributed by atoms with Crippen LogP contribution in [0.4, 0.5) is 10.8 Å². The highest BCUT2D eigenvalue weighted by Gasteiger charge is 2.18. The zero-order chi connectivity index (χ0) is 21.4. The van der Waals surface area contributed by atoms with Crippen molar-refractivity contribution in [3.8, 4) is 0 Å². The molecule has 30 heavy (non-hydrogen) atoms. The lowest BCUT2D eigenvalue weighted by atomic mass is 10.2. The fourth-order valence-electron chi connectivity index (χ4n) is 2.83. The van der Waals surface area contributed by atoms with Gasteiger partial charge in [-0.1, -0.05) is 23.5 Å². The molecule has 0 unspecified atom stereocenters. The van der Waals surface area contributed by atoms with Gasteiger partial charge >= 0.3 is 11.7 Å². The summed E-state index contributed by atoms with van der Waals surface area (Å²) in [5.74, 6) is -1.09. The highest BCUT2D eigenvalue weighted by molar-refractivity contribution is 7.22. The van der Waals surface area contributed by atoms with Gasteiger partial charge in [0.25, 0.3) is 0 Å². The van der Waals surface area contributed by atoms with Crippen LogP contribution in [0.5, 0.6) is 0 Å². The maximum atomic E-state index is 12.7. The van der Waals surface area contributed by atoms with Gasteiger partial charge in [-0.05, 0) is 12.1 Å². The molecule has 0 radical (unpaired) electrons. The summed E-state index contributed by atoms with van der Waals surface area (Å²) in [5, 5.41) is 7.64. The number of methoxy groups -OCH3 is 1. The maximum Gasteiger partial charge on any atom is 0.352 e. The Labute approximate surface area is 173 Å². The van der Waals surface area contributed by atoms with Crippen LogP contribution >= 0.6 is 11.3 Å². The fourth-order valence-corrected chi connectivity index (χ4v) is 3.74. The Kier molecular flexibility index (Phi) is 4.91. The molecule has 1 aromatic carbocycles. The van der Waals surface area contributed by atoms with Crippen LogP contribution in [0.1, 0.15) is 10.4 Å². The van der Waals surface area contributed by atoms with E-state index in [0.29, 0.717) is 16.0 Å². The van der Waals surface area contributed by atoms with Crippen molar-refractivity contribution in [3.63, 3.8) is 0 Å². The first kappa shape index (κ1) is 19.5. The van der Waals surface area contributed by atoms with Gasteiger partial charge in [0.1, 0.15) is 17.6 Å². The lowest BCUT2D eigenvalue weighted by Crippen LogP contribution is -2.28. The lowest BCUT2D eigenvalue weighted by Gasteiger charge is -2.09. The average Bonchev–Trinajstić information content (AvgIpc) is 3.30. The third-order valence-electron chi connectivity index (χ3n) is 4.25. The van der Waals surface area contributed by atoms with E-state index in [1.165, 1.54) is 35.2 Å². The monoisotopic (exact) mass is 427 g/mol. The molecule has 0 aliphatic carbocycles. The first-order chi connectivity index (χ1) is 14.4. The Morgan fingerprint density at radius 2 is 2.03 bits per heavy atom. The predicted octanol–water partition coefficient (Wildman–Crippen LogP) is 0.992. The van der Waals surface area contributed by atoms with Crippen LogP contribution in [0.2, 0.25) is 0 Å². The number of hydrogen-bond acceptors (Lipinski definition) is 9. The van der Waals surface area contributed by atoms with E-state index in [-0.39, 0.29) is 17.8 Å². The molecule has 0 bridgehead atoms. The number of ether oxygens (including phenoxy) is 1. The molecule has 0 saturated heterocycles. The van der Waals surface area contributed by atoms with Crippen molar-refractivity contribution >= 4 is 50.0 Å². The van der Waals surface area contributed by atoms with Crippen molar-refractivity contribution in [3.05, 3.63) is 46.6 Å². The summed E-state index contributed by atoms with van der Waals surface area (Å²) in [6.07, 6.45) is 1.34. The number of nitrogens with zero attached hydrogens (tertiary/aromatic N) is 6. The van der Waals surface area contributed by atoms with Crippen molar-refractivity contribution in [2.45, 2.75) is 6.54 Å². The number of carbonyl (C=O) groups is 2. The van der Waals surface area contributed by atoms with Gasteiger partial charge in [-0.15, -0.1) is 5.10 Å². The molecule has 0 saturated carbocycles. The minimum atomic E-state index is -0.578. The van der Waals surface area contributed by atoms with E-state index >= 15 is 0 Å². The normalized spacial score (nSPS) is 11.0. The number of benzene rings is 1. The van der Waals surface area contributed by atoms with E-state index in [2.05, 4.69) is 20.4 Å². The summed E-state index contributed by atoms with van der Waals surface area (Å²) in [4.78, 5) is 47.5. The summed E-state index contributed by atoms with van der Waals surface area (Å²) in [7, 11) is 4.97. The van der Waals surface area contributed by atoms with Gasteiger partial charge in [-0.2, -0.15) is 4.98 Å². The first-order valence-electron chi connectivity index (χ1n) is 8.78. The average molecular weight is 427 g/mol. The number of aromatic nitrogens is 5. The van der Waals surface area contributed by atoms with Crippen molar-refractivity contribution < 1.29 is 14.3 Å². The Bertz CT molecular complexity index is 1340. The zero-order valence-corrected chi connectivity index (χ0v) is 17.1. The van der Waals surface area contributed by atoms with E-state index in [1.54, 1.807) is 18.2 Å². The number of para-hydroxylation sites is 1. The third kappa shape index (κ3) is 3.37. The van der Waals surface area contributed by atoms with Crippen LogP contribution in [0.3, 0.4) is 0 Å². The van der Waals surface area contributed by atoms with Crippen LogP contribution in [0, 0.1) is 0 Å². The van der Waals surface area contributed by atoms with Gasteiger partial charge < -0.3 is 15.0 Å². The van der Waals surface area contributed by atoms with Crippen LogP contribution in [-0.4, -0.2) is 57.2 Å². The second-order valence-corrected chi connectivity index (χ2v) is 7.48. The molecular weight excluding hydrogens is 410 g/mol. The summed E-state index contributed by atoms with van der Waals surface area (Å²) < 4.78 is 7.68. The molecule has 1 N–H and O–H groups in total. The minimum Gasteiger partial charge on any atom is -0.465 e. The number of nitrogens with one attached hydrogen (secondary N) is 1. The fraction of sp³-hybridized carbons (Fsp3) is 0.222. The highest BCUT2D eigenvalue weighted by Crippen LogP contribution is 2.28. The van der Waals surface area contributed by atoms with Gasteiger partial charge in [0.2, 0.25) is 5.91 Å². The smallest absolute Gasteiger partial charge is 0.352 e. The summed E-state index contributed by atoms with van der Waals surface area (Å²) in [5.41, 5.74) is 0.842. The largest absolute Gasteiger partial charge is 0.465 e. The number of thiazole rings is 1. The Morgan fingerprint density at radius 1 is 1.27 bits per heavy atom. The van der Waals surface area contributed by atoms with E-state index < -0.39 is 17.6 Å². The second kappa shape index (κ2) is 7.55. The van der Waals surface area contributed by atoms with Gasteiger partial charge in [0, 0.05) is 14.1 Å². The molecule has 3 heterocycles. The van der Waals surface area contributed by atoms with Crippen LogP contribution < -0.4 is 15.9 Å². The summed E-state index contributed by atoms with van der Waals surface area (Å²) in [6.45, 7) is -0.336. The van der Waals surface area contributed by atoms with Crippen molar-refractivity contribution in [2.24, 2.45) is 0 Å². The van der Waals surface area contributed by atoms with E-state index in [0.717, 1.165) is 9.81 Å². The molecule has 11 nitrogen and oxygen atoms in total.